The van der Waals surface area contributed by atoms with Gasteiger partial charge < -0.3 is 9.84 Å². The predicted octanol–water partition coefficient (Wildman–Crippen LogP) is 4.16. The number of ether oxygens (including phenoxy) is 1. The van der Waals surface area contributed by atoms with Crippen LogP contribution in [0.3, 0.4) is 0 Å². The van der Waals surface area contributed by atoms with Crippen molar-refractivity contribution in [3.05, 3.63) is 70.5 Å². The summed E-state index contributed by atoms with van der Waals surface area (Å²) in [6.07, 6.45) is 2.23. The summed E-state index contributed by atoms with van der Waals surface area (Å²) >= 11 is 5.80. The second-order valence-corrected chi connectivity index (χ2v) is 4.71. The molecule has 108 valence electrons. The lowest BCUT2D eigenvalue weighted by Gasteiger charge is -2.09. The molecule has 5 heteroatoms. The highest BCUT2D eigenvalue weighted by Crippen LogP contribution is 2.22. The SMILES string of the molecule is O=C(O)/C=C/c1cc(F)ccc1OCc1ccc(Cl)cc1. The Kier molecular flexibility index (Phi) is 4.95. The number of carboxylic acid groups (broad SMARTS) is 1. The van der Waals surface area contributed by atoms with Crippen molar-refractivity contribution in [3.63, 3.8) is 0 Å². The Bertz CT molecular complexity index is 666. The molecule has 0 aliphatic carbocycles. The molecule has 0 unspecified atom stereocenters. The molecule has 2 aromatic carbocycles. The quantitative estimate of drug-likeness (QED) is 0.844. The molecular weight excluding hydrogens is 295 g/mol. The van der Waals surface area contributed by atoms with Crippen LogP contribution in [0.25, 0.3) is 6.08 Å². The lowest BCUT2D eigenvalue weighted by molar-refractivity contribution is -0.131. The van der Waals surface area contributed by atoms with Crippen LogP contribution in [-0.4, -0.2) is 11.1 Å². The summed E-state index contributed by atoms with van der Waals surface area (Å²) in [5, 5.41) is 9.27. The van der Waals surface area contributed by atoms with E-state index in [4.69, 9.17) is 21.4 Å². The molecule has 1 N–H and O–H groups in total. The molecule has 0 radical (unpaired) electrons. The van der Waals surface area contributed by atoms with Gasteiger partial charge in [-0.3, -0.25) is 0 Å². The van der Waals surface area contributed by atoms with E-state index in [0.717, 1.165) is 11.6 Å². The molecule has 0 bridgehead atoms. The molecular formula is C16H12ClFO3. The Hall–Kier alpha value is -2.33. The molecule has 0 spiro atoms. The monoisotopic (exact) mass is 306 g/mol. The van der Waals surface area contributed by atoms with Crippen LogP contribution in [0.2, 0.25) is 5.02 Å². The van der Waals surface area contributed by atoms with Crippen LogP contribution in [0, 0.1) is 5.82 Å². The molecule has 0 fully saturated rings. The van der Waals surface area contributed by atoms with Gasteiger partial charge in [-0.2, -0.15) is 0 Å². The zero-order valence-electron chi connectivity index (χ0n) is 10.9. The molecule has 0 saturated heterocycles. The molecule has 0 atom stereocenters. The zero-order chi connectivity index (χ0) is 15.2. The molecule has 0 heterocycles. The Labute approximate surface area is 126 Å². The summed E-state index contributed by atoms with van der Waals surface area (Å²) < 4.78 is 18.8. The van der Waals surface area contributed by atoms with Gasteiger partial charge in [0, 0.05) is 16.7 Å². The van der Waals surface area contributed by atoms with Crippen LogP contribution >= 0.6 is 11.6 Å². The highest BCUT2D eigenvalue weighted by atomic mass is 35.5. The van der Waals surface area contributed by atoms with E-state index >= 15 is 0 Å². The third-order valence-corrected chi connectivity index (χ3v) is 2.94. The fraction of sp³-hybridized carbons (Fsp3) is 0.0625. The van der Waals surface area contributed by atoms with E-state index in [-0.39, 0.29) is 6.61 Å². The van der Waals surface area contributed by atoms with Crippen LogP contribution in [-0.2, 0) is 11.4 Å². The van der Waals surface area contributed by atoms with E-state index < -0.39 is 11.8 Å². The zero-order valence-corrected chi connectivity index (χ0v) is 11.7. The predicted molar refractivity (Wildman–Crippen MR) is 78.9 cm³/mol. The fourth-order valence-electron chi connectivity index (χ4n) is 1.68. The van der Waals surface area contributed by atoms with E-state index in [1.165, 1.54) is 24.3 Å². The summed E-state index contributed by atoms with van der Waals surface area (Å²) in [6.45, 7) is 0.275. The van der Waals surface area contributed by atoms with Gasteiger partial charge in [0.05, 0.1) is 0 Å². The number of rotatable bonds is 5. The maximum absolute atomic E-state index is 13.2. The molecule has 0 aromatic heterocycles. The van der Waals surface area contributed by atoms with Gasteiger partial charge in [-0.1, -0.05) is 23.7 Å². The van der Waals surface area contributed by atoms with Gasteiger partial charge in [-0.15, -0.1) is 0 Å². The minimum absolute atomic E-state index is 0.275. The van der Waals surface area contributed by atoms with Gasteiger partial charge in [0.15, 0.2) is 0 Å². The molecule has 2 aromatic rings. The first-order valence-electron chi connectivity index (χ1n) is 6.12. The molecule has 0 saturated carbocycles. The Morgan fingerprint density at radius 2 is 1.95 bits per heavy atom. The van der Waals surface area contributed by atoms with E-state index in [9.17, 15) is 9.18 Å². The van der Waals surface area contributed by atoms with E-state index in [0.29, 0.717) is 16.3 Å². The number of hydrogen-bond acceptors (Lipinski definition) is 2. The summed E-state index contributed by atoms with van der Waals surface area (Å²) in [5.41, 5.74) is 1.27. The summed E-state index contributed by atoms with van der Waals surface area (Å²) in [5.74, 6) is -1.16. The van der Waals surface area contributed by atoms with Crippen molar-refractivity contribution in [2.45, 2.75) is 6.61 Å². The third-order valence-electron chi connectivity index (χ3n) is 2.68. The standard InChI is InChI=1S/C16H12ClFO3/c17-13-4-1-11(2-5-13)10-21-15-7-6-14(18)9-12(15)3-8-16(19)20/h1-9H,10H2,(H,19,20)/b8-3+. The lowest BCUT2D eigenvalue weighted by Crippen LogP contribution is -1.97. The number of carbonyl (C=O) groups is 1. The smallest absolute Gasteiger partial charge is 0.328 e. The van der Waals surface area contributed by atoms with Crippen LogP contribution in [0.15, 0.2) is 48.5 Å². The average molecular weight is 307 g/mol. The first-order valence-corrected chi connectivity index (χ1v) is 6.50. The first-order chi connectivity index (χ1) is 10.0. The Morgan fingerprint density at radius 1 is 1.24 bits per heavy atom. The van der Waals surface area contributed by atoms with Crippen LogP contribution in [0.5, 0.6) is 5.75 Å². The molecule has 3 nitrogen and oxygen atoms in total. The van der Waals surface area contributed by atoms with Gasteiger partial charge in [0.25, 0.3) is 0 Å². The second kappa shape index (κ2) is 6.90. The molecule has 0 aliphatic rings. The number of halogens is 2. The summed E-state index contributed by atoms with van der Waals surface area (Å²) in [7, 11) is 0. The average Bonchev–Trinajstić information content (AvgIpc) is 2.45. The maximum Gasteiger partial charge on any atom is 0.328 e. The van der Waals surface area contributed by atoms with E-state index in [1.54, 1.807) is 12.1 Å². The minimum Gasteiger partial charge on any atom is -0.488 e. The van der Waals surface area contributed by atoms with Crippen molar-refractivity contribution < 1.29 is 19.0 Å². The van der Waals surface area contributed by atoms with Crippen molar-refractivity contribution in [1.29, 1.82) is 0 Å². The van der Waals surface area contributed by atoms with E-state index in [1.807, 2.05) is 12.1 Å². The molecule has 21 heavy (non-hydrogen) atoms. The van der Waals surface area contributed by atoms with E-state index in [2.05, 4.69) is 0 Å². The van der Waals surface area contributed by atoms with Gasteiger partial charge >= 0.3 is 5.97 Å². The lowest BCUT2D eigenvalue weighted by atomic mass is 10.1. The minimum atomic E-state index is -1.11. The molecule has 0 aliphatic heterocycles. The number of hydrogen-bond donors (Lipinski definition) is 1. The topological polar surface area (TPSA) is 46.5 Å². The highest BCUT2D eigenvalue weighted by Gasteiger charge is 2.04. The molecule has 2 rings (SSSR count). The Balaban J connectivity index is 2.15. The van der Waals surface area contributed by atoms with Crippen LogP contribution in [0.4, 0.5) is 4.39 Å². The van der Waals surface area contributed by atoms with Crippen molar-refractivity contribution in [1.82, 2.24) is 0 Å². The summed E-state index contributed by atoms with van der Waals surface area (Å²) in [4.78, 5) is 10.5. The third kappa shape index (κ3) is 4.61. The van der Waals surface area contributed by atoms with Gasteiger partial charge in [0.2, 0.25) is 0 Å². The second-order valence-electron chi connectivity index (χ2n) is 4.27. The van der Waals surface area contributed by atoms with Crippen molar-refractivity contribution in [2.24, 2.45) is 0 Å². The van der Waals surface area contributed by atoms with Crippen LogP contribution < -0.4 is 4.74 Å². The summed E-state index contributed by atoms with van der Waals surface area (Å²) in [6, 6.07) is 11.1. The highest BCUT2D eigenvalue weighted by molar-refractivity contribution is 6.30. The van der Waals surface area contributed by atoms with Gasteiger partial charge in [-0.25, -0.2) is 9.18 Å². The van der Waals surface area contributed by atoms with Gasteiger partial charge in [-0.05, 0) is 42.0 Å². The Morgan fingerprint density at radius 3 is 2.62 bits per heavy atom. The fourth-order valence-corrected chi connectivity index (χ4v) is 1.81. The van der Waals surface area contributed by atoms with Gasteiger partial charge in [0.1, 0.15) is 18.2 Å². The van der Waals surface area contributed by atoms with Crippen LogP contribution in [0.1, 0.15) is 11.1 Å². The number of aliphatic carboxylic acids is 1. The molecule has 0 amide bonds. The van der Waals surface area contributed by atoms with Crippen molar-refractivity contribution >= 4 is 23.6 Å². The normalized spacial score (nSPS) is 10.8. The number of carboxylic acids is 1. The largest absolute Gasteiger partial charge is 0.488 e. The number of benzene rings is 2. The van der Waals surface area contributed by atoms with Crippen molar-refractivity contribution in [2.75, 3.05) is 0 Å². The first kappa shape index (κ1) is 15.1. The van der Waals surface area contributed by atoms with Crippen molar-refractivity contribution in [3.8, 4) is 5.75 Å². The maximum atomic E-state index is 13.2.